The monoisotopic (exact) mass is 347 g/mol. The van der Waals surface area contributed by atoms with Crippen LogP contribution < -0.4 is 5.32 Å². The molecule has 0 saturated heterocycles. The maximum atomic E-state index is 11.7. The maximum Gasteiger partial charge on any atom is 0.408 e. The van der Waals surface area contributed by atoms with Crippen LogP contribution in [-0.4, -0.2) is 16.1 Å². The second-order valence-corrected chi connectivity index (χ2v) is 5.64. The van der Waals surface area contributed by atoms with Crippen LogP contribution >= 0.6 is 22.6 Å². The van der Waals surface area contributed by atoms with E-state index in [9.17, 15) is 4.79 Å². The fourth-order valence-electron chi connectivity index (χ4n) is 1.35. The number of benzene rings is 1. The van der Waals surface area contributed by atoms with E-state index in [2.05, 4.69) is 27.9 Å². The molecular formula is C13H18INO2. The third kappa shape index (κ3) is 5.39. The van der Waals surface area contributed by atoms with Crippen molar-refractivity contribution in [3.63, 3.8) is 0 Å². The molecule has 0 aromatic heterocycles. The van der Waals surface area contributed by atoms with Gasteiger partial charge in [-0.05, 0) is 26.3 Å². The highest BCUT2D eigenvalue weighted by Crippen LogP contribution is 2.16. The van der Waals surface area contributed by atoms with Crippen molar-refractivity contribution in [3.8, 4) is 0 Å². The van der Waals surface area contributed by atoms with Crippen LogP contribution in [0.2, 0.25) is 0 Å². The van der Waals surface area contributed by atoms with E-state index in [1.165, 1.54) is 0 Å². The number of nitrogens with one attached hydrogen (secondary N) is 1. The molecule has 1 aromatic carbocycles. The van der Waals surface area contributed by atoms with Crippen molar-refractivity contribution in [2.45, 2.75) is 32.4 Å². The van der Waals surface area contributed by atoms with Gasteiger partial charge in [-0.25, -0.2) is 4.79 Å². The minimum Gasteiger partial charge on any atom is -0.444 e. The summed E-state index contributed by atoms with van der Waals surface area (Å²) in [7, 11) is 0. The molecule has 0 aliphatic rings. The second-order valence-electron chi connectivity index (χ2n) is 4.76. The number of hydrogen-bond acceptors (Lipinski definition) is 2. The highest BCUT2D eigenvalue weighted by Gasteiger charge is 2.19. The van der Waals surface area contributed by atoms with E-state index >= 15 is 0 Å². The molecule has 0 heterocycles. The summed E-state index contributed by atoms with van der Waals surface area (Å²) in [6.45, 7) is 5.57. The summed E-state index contributed by atoms with van der Waals surface area (Å²) in [5.74, 6) is 0. The van der Waals surface area contributed by atoms with Gasteiger partial charge >= 0.3 is 6.09 Å². The zero-order chi connectivity index (χ0) is 12.9. The lowest BCUT2D eigenvalue weighted by Gasteiger charge is -2.23. The number of amides is 1. The highest BCUT2D eigenvalue weighted by atomic mass is 127. The van der Waals surface area contributed by atoms with Gasteiger partial charge in [0.25, 0.3) is 0 Å². The van der Waals surface area contributed by atoms with Crippen LogP contribution in [0.1, 0.15) is 32.4 Å². The first-order valence-corrected chi connectivity index (χ1v) is 7.05. The summed E-state index contributed by atoms with van der Waals surface area (Å²) in [5.41, 5.74) is 0.629. The average Bonchev–Trinajstić information content (AvgIpc) is 2.24. The van der Waals surface area contributed by atoms with E-state index in [0.717, 1.165) is 9.99 Å². The van der Waals surface area contributed by atoms with Gasteiger partial charge in [0.15, 0.2) is 0 Å². The van der Waals surface area contributed by atoms with Crippen molar-refractivity contribution < 1.29 is 9.53 Å². The van der Waals surface area contributed by atoms with Gasteiger partial charge in [0.1, 0.15) is 5.60 Å². The number of carbonyl (C=O) groups excluding carboxylic acids is 1. The third-order valence-corrected chi connectivity index (χ3v) is 2.93. The van der Waals surface area contributed by atoms with Crippen LogP contribution in [0.25, 0.3) is 0 Å². The van der Waals surface area contributed by atoms with Crippen LogP contribution in [0.3, 0.4) is 0 Å². The van der Waals surface area contributed by atoms with Crippen molar-refractivity contribution in [1.82, 2.24) is 5.32 Å². The summed E-state index contributed by atoms with van der Waals surface area (Å²) in [4.78, 5) is 11.7. The van der Waals surface area contributed by atoms with Gasteiger partial charge in [-0.15, -0.1) is 0 Å². The SMILES string of the molecule is CC(C)(C)OC(=O)N[C@@H](CI)c1ccccc1. The van der Waals surface area contributed by atoms with E-state index < -0.39 is 5.60 Å². The minimum atomic E-state index is -0.462. The predicted octanol–water partition coefficient (Wildman–Crippen LogP) is 3.69. The lowest BCUT2D eigenvalue weighted by atomic mass is 10.1. The lowest BCUT2D eigenvalue weighted by Crippen LogP contribution is -2.35. The van der Waals surface area contributed by atoms with Crippen LogP contribution in [0.5, 0.6) is 0 Å². The van der Waals surface area contributed by atoms with E-state index in [4.69, 9.17) is 4.74 Å². The van der Waals surface area contributed by atoms with Gasteiger partial charge in [-0.3, -0.25) is 0 Å². The summed E-state index contributed by atoms with van der Waals surface area (Å²) >= 11 is 2.25. The van der Waals surface area contributed by atoms with Gasteiger partial charge in [-0.2, -0.15) is 0 Å². The summed E-state index contributed by atoms with van der Waals surface area (Å²) in [5, 5.41) is 2.87. The number of ether oxygens (including phenoxy) is 1. The molecule has 1 aromatic rings. The minimum absolute atomic E-state index is 0.00773. The van der Waals surface area contributed by atoms with Crippen molar-refractivity contribution in [3.05, 3.63) is 35.9 Å². The molecule has 0 aliphatic carbocycles. The average molecular weight is 347 g/mol. The zero-order valence-corrected chi connectivity index (χ0v) is 12.5. The molecule has 17 heavy (non-hydrogen) atoms. The molecule has 3 nitrogen and oxygen atoms in total. The largest absolute Gasteiger partial charge is 0.444 e. The first kappa shape index (κ1) is 14.3. The van der Waals surface area contributed by atoms with E-state index in [-0.39, 0.29) is 12.1 Å². The second kappa shape index (κ2) is 6.23. The van der Waals surface area contributed by atoms with E-state index in [1.54, 1.807) is 0 Å². The molecule has 1 atom stereocenters. The summed E-state index contributed by atoms with van der Waals surface area (Å²) in [6.07, 6.45) is -0.372. The Labute approximate surface area is 116 Å². The third-order valence-electron chi connectivity index (χ3n) is 2.05. The molecule has 0 unspecified atom stereocenters. The van der Waals surface area contributed by atoms with Crippen molar-refractivity contribution >= 4 is 28.7 Å². The Morgan fingerprint density at radius 2 is 1.94 bits per heavy atom. The Balaban J connectivity index is 2.62. The summed E-state index contributed by atoms with van der Waals surface area (Å²) in [6, 6.07) is 9.88. The first-order valence-electron chi connectivity index (χ1n) is 5.53. The van der Waals surface area contributed by atoms with Gasteiger partial charge < -0.3 is 10.1 Å². The Hall–Kier alpha value is -0.780. The predicted molar refractivity (Wildman–Crippen MR) is 77.4 cm³/mol. The zero-order valence-electron chi connectivity index (χ0n) is 10.4. The molecule has 0 radical (unpaired) electrons. The lowest BCUT2D eigenvalue weighted by molar-refractivity contribution is 0.0509. The Morgan fingerprint density at radius 3 is 2.41 bits per heavy atom. The van der Waals surface area contributed by atoms with Crippen LogP contribution in [-0.2, 0) is 4.74 Å². The Kier molecular flexibility index (Phi) is 5.24. The van der Waals surface area contributed by atoms with Crippen LogP contribution in [0.15, 0.2) is 30.3 Å². The maximum absolute atomic E-state index is 11.7. The Bertz CT molecular complexity index is 359. The van der Waals surface area contributed by atoms with Gasteiger partial charge in [0, 0.05) is 4.43 Å². The quantitative estimate of drug-likeness (QED) is 0.669. The Morgan fingerprint density at radius 1 is 1.35 bits per heavy atom. The standard InChI is InChI=1S/C13H18INO2/c1-13(2,3)17-12(16)15-11(9-14)10-7-5-4-6-8-10/h4-8,11H,9H2,1-3H3,(H,15,16)/t11-/m0/s1. The number of alkyl halides is 1. The molecule has 0 saturated carbocycles. The summed E-state index contributed by atoms with van der Waals surface area (Å²) < 4.78 is 6.04. The molecule has 0 bridgehead atoms. The number of carbonyl (C=O) groups is 1. The molecule has 1 amide bonds. The molecular weight excluding hydrogens is 329 g/mol. The van der Waals surface area contributed by atoms with Gasteiger partial charge in [-0.1, -0.05) is 52.9 Å². The number of rotatable bonds is 3. The van der Waals surface area contributed by atoms with Gasteiger partial charge in [0.2, 0.25) is 0 Å². The fourth-order valence-corrected chi connectivity index (χ4v) is 2.07. The van der Waals surface area contributed by atoms with Crippen molar-refractivity contribution in [2.24, 2.45) is 0 Å². The molecule has 1 rings (SSSR count). The normalized spacial score (nSPS) is 12.9. The molecule has 1 N–H and O–H groups in total. The van der Waals surface area contributed by atoms with Crippen LogP contribution in [0.4, 0.5) is 4.79 Å². The molecule has 4 heteroatoms. The van der Waals surface area contributed by atoms with Crippen molar-refractivity contribution in [1.29, 1.82) is 0 Å². The van der Waals surface area contributed by atoms with Gasteiger partial charge in [0.05, 0.1) is 6.04 Å². The number of hydrogen-bond donors (Lipinski definition) is 1. The smallest absolute Gasteiger partial charge is 0.408 e. The number of halogens is 1. The highest BCUT2D eigenvalue weighted by molar-refractivity contribution is 14.1. The molecule has 94 valence electrons. The topological polar surface area (TPSA) is 38.3 Å². The molecule has 0 aliphatic heterocycles. The molecule has 0 spiro atoms. The van der Waals surface area contributed by atoms with E-state index in [0.29, 0.717) is 0 Å². The first-order chi connectivity index (χ1) is 7.92. The fraction of sp³-hybridized carbons (Fsp3) is 0.462. The van der Waals surface area contributed by atoms with Crippen LogP contribution in [0, 0.1) is 0 Å². The van der Waals surface area contributed by atoms with E-state index in [1.807, 2.05) is 51.1 Å². The number of alkyl carbamates (subject to hydrolysis) is 1. The van der Waals surface area contributed by atoms with Crippen molar-refractivity contribution in [2.75, 3.05) is 4.43 Å². The molecule has 0 fully saturated rings.